The summed E-state index contributed by atoms with van der Waals surface area (Å²) < 4.78 is 2.36. The van der Waals surface area contributed by atoms with Gasteiger partial charge in [0.15, 0.2) is 0 Å². The van der Waals surface area contributed by atoms with Crippen molar-refractivity contribution < 1.29 is 4.79 Å². The van der Waals surface area contributed by atoms with Gasteiger partial charge in [0, 0.05) is 25.1 Å². The molecular formula is C29H33N3O. The van der Waals surface area contributed by atoms with Crippen LogP contribution in [-0.4, -0.2) is 22.0 Å². The molecule has 0 spiro atoms. The molecule has 1 amide bonds. The van der Waals surface area contributed by atoms with E-state index >= 15 is 0 Å². The van der Waals surface area contributed by atoms with E-state index in [4.69, 9.17) is 4.98 Å². The van der Waals surface area contributed by atoms with E-state index in [1.54, 1.807) is 0 Å². The van der Waals surface area contributed by atoms with Gasteiger partial charge in [-0.2, -0.15) is 0 Å². The number of unbranched alkanes of at least 4 members (excludes halogenated alkanes) is 2. The van der Waals surface area contributed by atoms with E-state index in [1.807, 2.05) is 30.3 Å². The molecule has 0 aliphatic carbocycles. The lowest BCUT2D eigenvalue weighted by molar-refractivity contribution is 0.0953. The van der Waals surface area contributed by atoms with Crippen LogP contribution in [0.15, 0.2) is 78.9 Å². The Balaban J connectivity index is 1.34. The molecule has 170 valence electrons. The Morgan fingerprint density at radius 3 is 2.36 bits per heavy atom. The van der Waals surface area contributed by atoms with E-state index in [1.165, 1.54) is 16.6 Å². The number of benzene rings is 3. The summed E-state index contributed by atoms with van der Waals surface area (Å²) in [7, 11) is 0. The van der Waals surface area contributed by atoms with Gasteiger partial charge in [0.25, 0.3) is 5.91 Å². The van der Waals surface area contributed by atoms with Gasteiger partial charge >= 0.3 is 0 Å². The molecule has 3 aromatic carbocycles. The van der Waals surface area contributed by atoms with E-state index in [9.17, 15) is 4.79 Å². The number of hydrogen-bond donors (Lipinski definition) is 1. The van der Waals surface area contributed by atoms with Crippen LogP contribution in [0, 0.1) is 0 Å². The maximum Gasteiger partial charge on any atom is 0.251 e. The molecule has 4 aromatic rings. The first-order chi connectivity index (χ1) is 16.1. The Hall–Kier alpha value is -3.40. The minimum atomic E-state index is 0.000813. The SMILES string of the molecule is CC(C)c1ccc(Cn2c(CCCCCNC(=O)c3ccccc3)nc3ccccc32)cc1. The molecule has 1 N–H and O–H groups in total. The summed E-state index contributed by atoms with van der Waals surface area (Å²) in [5.41, 5.74) is 5.63. The smallest absolute Gasteiger partial charge is 0.251 e. The van der Waals surface area contributed by atoms with Crippen molar-refractivity contribution in [1.29, 1.82) is 0 Å². The molecule has 0 atom stereocenters. The van der Waals surface area contributed by atoms with Gasteiger partial charge < -0.3 is 9.88 Å². The first-order valence-electron chi connectivity index (χ1n) is 12.0. The van der Waals surface area contributed by atoms with Crippen LogP contribution in [0.25, 0.3) is 11.0 Å². The molecule has 0 saturated heterocycles. The predicted octanol–water partition coefficient (Wildman–Crippen LogP) is 6.35. The monoisotopic (exact) mass is 439 g/mol. The van der Waals surface area contributed by atoms with Crippen molar-refractivity contribution in [2.45, 2.75) is 52.0 Å². The summed E-state index contributed by atoms with van der Waals surface area (Å²) >= 11 is 0. The lowest BCUT2D eigenvalue weighted by Crippen LogP contribution is -2.24. The molecule has 33 heavy (non-hydrogen) atoms. The van der Waals surface area contributed by atoms with E-state index in [0.717, 1.165) is 43.6 Å². The predicted molar refractivity (Wildman–Crippen MR) is 136 cm³/mol. The summed E-state index contributed by atoms with van der Waals surface area (Å²) in [5.74, 6) is 1.68. The highest BCUT2D eigenvalue weighted by atomic mass is 16.1. The molecule has 0 aliphatic heterocycles. The molecule has 0 aliphatic rings. The van der Waals surface area contributed by atoms with Crippen molar-refractivity contribution in [3.63, 3.8) is 0 Å². The van der Waals surface area contributed by atoms with Crippen LogP contribution in [0.2, 0.25) is 0 Å². The van der Waals surface area contributed by atoms with Crippen LogP contribution in [0.4, 0.5) is 0 Å². The second kappa shape index (κ2) is 11.0. The van der Waals surface area contributed by atoms with Gasteiger partial charge in [-0.25, -0.2) is 4.98 Å². The summed E-state index contributed by atoms with van der Waals surface area (Å²) in [6, 6.07) is 26.7. The number of carbonyl (C=O) groups is 1. The fourth-order valence-electron chi connectivity index (χ4n) is 4.16. The van der Waals surface area contributed by atoms with Gasteiger partial charge in [0.05, 0.1) is 11.0 Å². The molecule has 0 fully saturated rings. The number of imidazole rings is 1. The molecule has 4 heteroatoms. The Kier molecular flexibility index (Phi) is 7.56. The highest BCUT2D eigenvalue weighted by molar-refractivity contribution is 5.94. The Morgan fingerprint density at radius 1 is 0.879 bits per heavy atom. The number of nitrogens with one attached hydrogen (secondary N) is 1. The van der Waals surface area contributed by atoms with Gasteiger partial charge in [0.1, 0.15) is 5.82 Å². The second-order valence-corrected chi connectivity index (χ2v) is 8.93. The fraction of sp³-hybridized carbons (Fsp3) is 0.310. The molecule has 0 bridgehead atoms. The Labute approximate surface area is 196 Å². The van der Waals surface area contributed by atoms with Crippen LogP contribution >= 0.6 is 0 Å². The molecule has 4 nitrogen and oxygen atoms in total. The number of aromatic nitrogens is 2. The van der Waals surface area contributed by atoms with Crippen molar-refractivity contribution in [3.8, 4) is 0 Å². The molecular weight excluding hydrogens is 406 g/mol. The minimum absolute atomic E-state index is 0.000813. The summed E-state index contributed by atoms with van der Waals surface area (Å²) in [6.45, 7) is 5.99. The average molecular weight is 440 g/mol. The van der Waals surface area contributed by atoms with E-state index < -0.39 is 0 Å². The number of carbonyl (C=O) groups excluding carboxylic acids is 1. The van der Waals surface area contributed by atoms with Crippen LogP contribution in [-0.2, 0) is 13.0 Å². The summed E-state index contributed by atoms with van der Waals surface area (Å²) in [6.07, 6.45) is 4.01. The zero-order chi connectivity index (χ0) is 23.0. The normalized spacial score (nSPS) is 11.2. The summed E-state index contributed by atoms with van der Waals surface area (Å²) in [5, 5.41) is 3.02. The highest BCUT2D eigenvalue weighted by Gasteiger charge is 2.11. The minimum Gasteiger partial charge on any atom is -0.352 e. The van der Waals surface area contributed by atoms with Gasteiger partial charge in [-0.3, -0.25) is 4.79 Å². The number of nitrogens with zero attached hydrogens (tertiary/aromatic N) is 2. The molecule has 4 rings (SSSR count). The Morgan fingerprint density at radius 2 is 1.61 bits per heavy atom. The largest absolute Gasteiger partial charge is 0.352 e. The number of rotatable bonds is 10. The number of fused-ring (bicyclic) bond motifs is 1. The van der Waals surface area contributed by atoms with E-state index in [-0.39, 0.29) is 5.91 Å². The topological polar surface area (TPSA) is 46.9 Å². The van der Waals surface area contributed by atoms with Gasteiger partial charge in [-0.15, -0.1) is 0 Å². The maximum atomic E-state index is 12.2. The van der Waals surface area contributed by atoms with E-state index in [2.05, 4.69) is 72.3 Å². The third kappa shape index (κ3) is 5.89. The molecule has 0 saturated carbocycles. The van der Waals surface area contributed by atoms with Gasteiger partial charge in [-0.05, 0) is 54.2 Å². The second-order valence-electron chi connectivity index (χ2n) is 8.93. The van der Waals surface area contributed by atoms with Gasteiger partial charge in [0.2, 0.25) is 0 Å². The first kappa shape index (κ1) is 22.8. The lowest BCUT2D eigenvalue weighted by atomic mass is 10.0. The number of amides is 1. The zero-order valence-electron chi connectivity index (χ0n) is 19.6. The van der Waals surface area contributed by atoms with Gasteiger partial charge in [-0.1, -0.05) is 74.9 Å². The van der Waals surface area contributed by atoms with Crippen molar-refractivity contribution in [3.05, 3.63) is 101 Å². The van der Waals surface area contributed by atoms with Crippen molar-refractivity contribution in [2.75, 3.05) is 6.54 Å². The number of hydrogen-bond acceptors (Lipinski definition) is 2. The maximum absolute atomic E-state index is 12.2. The fourth-order valence-corrected chi connectivity index (χ4v) is 4.16. The standard InChI is InChI=1S/C29H33N3O/c1-22(2)24-18-16-23(17-19-24)21-32-27-14-9-8-13-26(27)31-28(32)15-7-4-10-20-30-29(33)25-11-5-3-6-12-25/h3,5-6,8-9,11-14,16-19,22H,4,7,10,15,20-21H2,1-2H3,(H,30,33). The van der Waals surface area contributed by atoms with Crippen LogP contribution in [0.3, 0.4) is 0 Å². The average Bonchev–Trinajstić information content (AvgIpc) is 3.19. The first-order valence-corrected chi connectivity index (χ1v) is 12.0. The highest BCUT2D eigenvalue weighted by Crippen LogP contribution is 2.21. The molecule has 0 radical (unpaired) electrons. The third-order valence-electron chi connectivity index (χ3n) is 6.12. The van der Waals surface area contributed by atoms with Crippen LogP contribution in [0.1, 0.15) is 66.3 Å². The van der Waals surface area contributed by atoms with Crippen molar-refractivity contribution >= 4 is 16.9 Å². The van der Waals surface area contributed by atoms with E-state index in [0.29, 0.717) is 18.0 Å². The van der Waals surface area contributed by atoms with Crippen molar-refractivity contribution in [1.82, 2.24) is 14.9 Å². The number of para-hydroxylation sites is 2. The zero-order valence-corrected chi connectivity index (χ0v) is 19.6. The van der Waals surface area contributed by atoms with Crippen LogP contribution in [0.5, 0.6) is 0 Å². The third-order valence-corrected chi connectivity index (χ3v) is 6.12. The molecule has 0 unspecified atom stereocenters. The summed E-state index contributed by atoms with van der Waals surface area (Å²) in [4.78, 5) is 17.1. The quantitative estimate of drug-likeness (QED) is 0.293. The van der Waals surface area contributed by atoms with Crippen LogP contribution < -0.4 is 5.32 Å². The Bertz CT molecular complexity index is 1180. The lowest BCUT2D eigenvalue weighted by Gasteiger charge is -2.11. The molecule has 1 heterocycles. The van der Waals surface area contributed by atoms with Crippen molar-refractivity contribution in [2.24, 2.45) is 0 Å². The number of aryl methyl sites for hydroxylation is 1. The molecule has 1 aromatic heterocycles.